The maximum absolute atomic E-state index is 10.1. The minimum atomic E-state index is -2.20. The first-order chi connectivity index (χ1) is 11.7. The van der Waals surface area contributed by atoms with Crippen molar-refractivity contribution in [3.8, 4) is 5.88 Å². The van der Waals surface area contributed by atoms with E-state index in [0.29, 0.717) is 0 Å². The number of hydrogen-bond acceptors (Lipinski definition) is 8. The third-order valence-electron chi connectivity index (χ3n) is 2.60. The summed E-state index contributed by atoms with van der Waals surface area (Å²) in [6, 6.07) is 0. The number of ether oxygens (including phenoxy) is 2. The molecule has 1 aliphatic heterocycles. The lowest BCUT2D eigenvalue weighted by molar-refractivity contribution is 0.0975. The van der Waals surface area contributed by atoms with Gasteiger partial charge in [0.2, 0.25) is 5.82 Å². The van der Waals surface area contributed by atoms with Crippen LogP contribution in [0, 0.1) is 0 Å². The van der Waals surface area contributed by atoms with Crippen molar-refractivity contribution >= 4 is 17.5 Å². The van der Waals surface area contributed by atoms with E-state index < -0.39 is 19.2 Å². The molecule has 0 saturated carbocycles. The number of nitrogens with one attached hydrogen (secondary N) is 1. The zero-order valence-corrected chi connectivity index (χ0v) is 13.2. The first-order valence-electron chi connectivity index (χ1n) is 9.06. The van der Waals surface area contributed by atoms with E-state index in [1.54, 1.807) is 0 Å². The van der Waals surface area contributed by atoms with Gasteiger partial charge in [-0.3, -0.25) is 0 Å². The van der Waals surface area contributed by atoms with E-state index in [-0.39, 0.29) is 43.5 Å². The van der Waals surface area contributed by atoms with E-state index in [2.05, 4.69) is 14.1 Å². The predicted molar refractivity (Wildman–Crippen MR) is 82.2 cm³/mol. The maximum Gasteiger partial charge on any atom is 0.270 e. The Labute approximate surface area is 136 Å². The zero-order valence-electron chi connectivity index (χ0n) is 17.3. The van der Waals surface area contributed by atoms with Gasteiger partial charge in [-0.2, -0.15) is 4.37 Å². The van der Waals surface area contributed by atoms with Crippen LogP contribution in [0.25, 0.3) is 0 Å². The van der Waals surface area contributed by atoms with Crippen molar-refractivity contribution in [2.75, 3.05) is 44.3 Å². The van der Waals surface area contributed by atoms with E-state index in [1.165, 1.54) is 4.90 Å². The molecular weight excluding hydrogens is 292 g/mol. The normalized spacial score (nSPS) is 27.6. The molecule has 1 saturated heterocycles. The SMILES string of the molecule is [2H]C1([2H])CN(c2nsnc2OC[C@]([2H])(O)CNC(C)(C)C)CC([2H])([2H])O1. The zero-order chi connectivity index (χ0) is 19.8. The number of aromatic nitrogens is 2. The molecule has 8 heteroatoms. The molecule has 1 aromatic heterocycles. The van der Waals surface area contributed by atoms with Gasteiger partial charge in [0.15, 0.2) is 0 Å². The van der Waals surface area contributed by atoms with Crippen LogP contribution in [0.2, 0.25) is 0 Å². The van der Waals surface area contributed by atoms with E-state index in [0.717, 1.165) is 11.7 Å². The first kappa shape index (κ1) is 10.7. The van der Waals surface area contributed by atoms with Gasteiger partial charge in [0, 0.05) is 25.2 Å². The van der Waals surface area contributed by atoms with Crippen molar-refractivity contribution in [1.82, 2.24) is 14.1 Å². The number of anilines is 1. The lowest BCUT2D eigenvalue weighted by Gasteiger charge is -2.27. The fraction of sp³-hybridized carbons (Fsp3) is 0.846. The second-order valence-corrected chi connectivity index (χ2v) is 6.13. The van der Waals surface area contributed by atoms with Gasteiger partial charge in [-0.1, -0.05) is 0 Å². The van der Waals surface area contributed by atoms with Crippen molar-refractivity contribution in [1.29, 1.82) is 0 Å². The molecule has 0 spiro atoms. The Morgan fingerprint density at radius 3 is 2.90 bits per heavy atom. The summed E-state index contributed by atoms with van der Waals surface area (Å²) in [6.07, 6.45) is -1.90. The number of nitrogens with zero attached hydrogens (tertiary/aromatic N) is 3. The predicted octanol–water partition coefficient (Wildman–Crippen LogP) is 0.502. The summed E-state index contributed by atoms with van der Waals surface area (Å²) in [5.41, 5.74) is -0.270. The summed E-state index contributed by atoms with van der Waals surface area (Å²) in [5, 5.41) is 13.1. The van der Waals surface area contributed by atoms with Gasteiger partial charge in [0.1, 0.15) is 12.7 Å². The number of hydrogen-bond donors (Lipinski definition) is 2. The molecule has 2 N–H and O–H groups in total. The molecule has 0 aromatic carbocycles. The highest BCUT2D eigenvalue weighted by molar-refractivity contribution is 6.99. The molecule has 0 aliphatic carbocycles. The summed E-state index contributed by atoms with van der Waals surface area (Å²) in [4.78, 5) is 1.35. The smallest absolute Gasteiger partial charge is 0.270 e. The van der Waals surface area contributed by atoms with Crippen LogP contribution < -0.4 is 15.0 Å². The van der Waals surface area contributed by atoms with Crippen LogP contribution in [-0.2, 0) is 4.74 Å². The molecular formula is C13H24N4O3S. The molecule has 120 valence electrons. The van der Waals surface area contributed by atoms with E-state index in [9.17, 15) is 5.11 Å². The van der Waals surface area contributed by atoms with E-state index in [1.807, 2.05) is 20.8 Å². The monoisotopic (exact) mass is 321 g/mol. The Morgan fingerprint density at radius 1 is 1.52 bits per heavy atom. The molecule has 0 amide bonds. The lowest BCUT2D eigenvalue weighted by Crippen LogP contribution is -2.42. The molecule has 1 atom stereocenters. The van der Waals surface area contributed by atoms with Crippen LogP contribution in [0.3, 0.4) is 0 Å². The molecule has 2 rings (SSSR count). The van der Waals surface area contributed by atoms with Crippen LogP contribution >= 0.6 is 11.7 Å². The highest BCUT2D eigenvalue weighted by Gasteiger charge is 2.21. The Kier molecular flexibility index (Phi) is 3.75. The highest BCUT2D eigenvalue weighted by atomic mass is 32.1. The number of β-amino-alcohol motifs (C(OH)–C–C–N with tert-alkyl or cyclic N) is 1. The third-order valence-corrected chi connectivity index (χ3v) is 3.10. The van der Waals surface area contributed by atoms with Crippen molar-refractivity contribution < 1.29 is 21.4 Å². The van der Waals surface area contributed by atoms with Crippen LogP contribution in [0.4, 0.5) is 5.82 Å². The third kappa shape index (κ3) is 5.39. The van der Waals surface area contributed by atoms with Crippen LogP contribution in [0.1, 0.15) is 27.6 Å². The van der Waals surface area contributed by atoms with Crippen LogP contribution in [-0.4, -0.2) is 64.8 Å². The first-order valence-corrected chi connectivity index (χ1v) is 7.29. The summed E-state index contributed by atoms with van der Waals surface area (Å²) in [7, 11) is 0. The fourth-order valence-electron chi connectivity index (χ4n) is 1.51. The van der Waals surface area contributed by atoms with Crippen LogP contribution in [0.15, 0.2) is 0 Å². The summed E-state index contributed by atoms with van der Waals surface area (Å²) in [6.45, 7) is 0.442. The average Bonchev–Trinajstić information content (AvgIpc) is 2.88. The Hall–Kier alpha value is -0.960. The van der Waals surface area contributed by atoms with Crippen molar-refractivity contribution in [3.05, 3.63) is 0 Å². The largest absolute Gasteiger partial charge is 0.472 e. The Morgan fingerprint density at radius 2 is 2.24 bits per heavy atom. The maximum atomic E-state index is 10.1. The van der Waals surface area contributed by atoms with Gasteiger partial charge < -0.3 is 24.8 Å². The molecule has 1 fully saturated rings. The minimum Gasteiger partial charge on any atom is -0.472 e. The molecule has 21 heavy (non-hydrogen) atoms. The molecule has 0 radical (unpaired) electrons. The van der Waals surface area contributed by atoms with Crippen molar-refractivity contribution in [2.45, 2.75) is 32.4 Å². The quantitative estimate of drug-likeness (QED) is 0.790. The van der Waals surface area contributed by atoms with Gasteiger partial charge in [-0.15, -0.1) is 4.37 Å². The van der Waals surface area contributed by atoms with E-state index >= 15 is 0 Å². The second kappa shape index (κ2) is 7.35. The standard InChI is InChI=1S/C13H24N4O3S/c1-13(2,3)14-8-10(18)9-20-12-11(15-21-16-12)17-4-6-19-7-5-17/h10,14,18H,4-9H2,1-3H3/t10-/m1/s1/i6D2,7D2,10D. The Balaban J connectivity index is 2.04. The van der Waals surface area contributed by atoms with Gasteiger partial charge >= 0.3 is 0 Å². The van der Waals surface area contributed by atoms with Gasteiger partial charge in [-0.05, 0) is 20.8 Å². The minimum absolute atomic E-state index is 0.0185. The highest BCUT2D eigenvalue weighted by Crippen LogP contribution is 2.26. The molecule has 1 aliphatic rings. The number of rotatable bonds is 6. The average molecular weight is 321 g/mol. The number of aliphatic hydroxyl groups is 1. The summed E-state index contributed by atoms with van der Waals surface area (Å²) < 4.78 is 56.9. The Bertz CT molecular complexity index is 607. The molecule has 1 aromatic rings. The van der Waals surface area contributed by atoms with Crippen molar-refractivity contribution in [2.24, 2.45) is 0 Å². The lowest BCUT2D eigenvalue weighted by atomic mass is 10.1. The van der Waals surface area contributed by atoms with E-state index in [4.69, 9.17) is 16.3 Å². The van der Waals surface area contributed by atoms with Crippen molar-refractivity contribution in [3.63, 3.8) is 0 Å². The molecule has 7 nitrogen and oxygen atoms in total. The van der Waals surface area contributed by atoms with Gasteiger partial charge in [0.05, 0.1) is 31.7 Å². The molecule has 2 heterocycles. The fourth-order valence-corrected chi connectivity index (χ4v) is 2.03. The van der Waals surface area contributed by atoms with Crippen LogP contribution in [0.5, 0.6) is 5.88 Å². The summed E-state index contributed by atoms with van der Waals surface area (Å²) >= 11 is 0.817. The molecule has 0 bridgehead atoms. The van der Waals surface area contributed by atoms with Gasteiger partial charge in [-0.25, -0.2) is 0 Å². The number of morpholine rings is 1. The molecule has 0 unspecified atom stereocenters. The second-order valence-electron chi connectivity index (χ2n) is 5.60. The summed E-state index contributed by atoms with van der Waals surface area (Å²) in [5.74, 6) is 0.176. The van der Waals surface area contributed by atoms with Gasteiger partial charge in [0.25, 0.3) is 5.88 Å². The topological polar surface area (TPSA) is 79.7 Å².